The van der Waals surface area contributed by atoms with Crippen LogP contribution in [0.4, 0.5) is 0 Å². The predicted octanol–water partition coefficient (Wildman–Crippen LogP) is 2.01. The molecule has 0 aromatic carbocycles. The maximum Gasteiger partial charge on any atom is 0.107 e. The molecule has 3 heteroatoms. The molecule has 3 nitrogen and oxygen atoms in total. The lowest BCUT2D eigenvalue weighted by Crippen LogP contribution is -2.41. The van der Waals surface area contributed by atoms with Crippen LogP contribution >= 0.6 is 0 Å². The molecule has 2 rings (SSSR count). The molecule has 2 atom stereocenters. The molecule has 2 fully saturated rings. The van der Waals surface area contributed by atoms with Gasteiger partial charge in [-0.3, -0.25) is 0 Å². The summed E-state index contributed by atoms with van der Waals surface area (Å²) in [6.45, 7) is 3.33. The van der Waals surface area contributed by atoms with Gasteiger partial charge in [0.25, 0.3) is 0 Å². The van der Waals surface area contributed by atoms with Crippen LogP contribution in [0, 0.1) is 17.3 Å². The third-order valence-electron chi connectivity index (χ3n) is 3.84. The van der Waals surface area contributed by atoms with Crippen LogP contribution in [0.3, 0.4) is 0 Å². The number of rotatable bonds is 2. The van der Waals surface area contributed by atoms with E-state index in [9.17, 15) is 0 Å². The fraction of sp³-hybridized carbons (Fsp3) is 0.846. The van der Waals surface area contributed by atoms with Gasteiger partial charge in [-0.2, -0.15) is 0 Å². The first-order valence-electron chi connectivity index (χ1n) is 6.19. The van der Waals surface area contributed by atoms with Crippen molar-refractivity contribution in [2.45, 2.75) is 51.0 Å². The molecule has 2 aliphatic rings. The fourth-order valence-electron chi connectivity index (χ4n) is 3.19. The van der Waals surface area contributed by atoms with Gasteiger partial charge in [0.15, 0.2) is 0 Å². The van der Waals surface area contributed by atoms with Crippen LogP contribution in [0.5, 0.6) is 0 Å². The molecule has 0 bridgehead atoms. The first-order valence-corrected chi connectivity index (χ1v) is 6.19. The fourth-order valence-corrected chi connectivity index (χ4v) is 3.19. The van der Waals surface area contributed by atoms with Crippen molar-refractivity contribution in [1.82, 2.24) is 0 Å². The molecule has 0 amide bonds. The van der Waals surface area contributed by atoms with Crippen LogP contribution in [0.25, 0.3) is 0 Å². The Bertz CT molecular complexity index is 295. The van der Waals surface area contributed by atoms with Crippen molar-refractivity contribution in [1.29, 1.82) is 0 Å². The summed E-state index contributed by atoms with van der Waals surface area (Å²) in [4.78, 5) is 10.6. The Labute approximate surface area is 97.6 Å². The molecule has 90 valence electrons. The van der Waals surface area contributed by atoms with E-state index in [-0.39, 0.29) is 11.0 Å². The van der Waals surface area contributed by atoms with E-state index in [4.69, 9.17) is 15.5 Å². The zero-order chi connectivity index (χ0) is 11.5. The van der Waals surface area contributed by atoms with Gasteiger partial charge >= 0.3 is 0 Å². The van der Waals surface area contributed by atoms with E-state index in [1.165, 1.54) is 0 Å². The number of hydrogen-bond donors (Lipinski definition) is 1. The summed E-state index contributed by atoms with van der Waals surface area (Å²) in [7, 11) is 0. The highest BCUT2D eigenvalue weighted by molar-refractivity contribution is 5.15. The van der Waals surface area contributed by atoms with Gasteiger partial charge in [0.05, 0.1) is 6.61 Å². The van der Waals surface area contributed by atoms with Gasteiger partial charge in [0.2, 0.25) is 0 Å². The average Bonchev–Trinajstić information content (AvgIpc) is 2.67. The summed E-state index contributed by atoms with van der Waals surface area (Å²) in [6.07, 6.45) is 6.38. The Morgan fingerprint density at radius 2 is 2.19 bits per heavy atom. The Morgan fingerprint density at radius 1 is 1.31 bits per heavy atom. The molecule has 1 aliphatic heterocycles. The van der Waals surface area contributed by atoms with Crippen molar-refractivity contribution in [3.05, 3.63) is 0 Å². The van der Waals surface area contributed by atoms with Crippen LogP contribution < -0.4 is 5.73 Å². The van der Waals surface area contributed by atoms with Crippen LogP contribution in [0.15, 0.2) is 0 Å². The van der Waals surface area contributed by atoms with E-state index in [1.54, 1.807) is 0 Å². The molecule has 2 N–H and O–H groups in total. The third kappa shape index (κ3) is 2.24. The lowest BCUT2D eigenvalue weighted by molar-refractivity contribution is -0.319. The van der Waals surface area contributed by atoms with Gasteiger partial charge in [-0.1, -0.05) is 5.92 Å². The van der Waals surface area contributed by atoms with E-state index < -0.39 is 0 Å². The van der Waals surface area contributed by atoms with E-state index in [0.717, 1.165) is 45.1 Å². The van der Waals surface area contributed by atoms with Crippen LogP contribution in [0.2, 0.25) is 0 Å². The predicted molar refractivity (Wildman–Crippen MR) is 62.4 cm³/mol. The summed E-state index contributed by atoms with van der Waals surface area (Å²) in [6, 6.07) is 0. The minimum Gasteiger partial charge on any atom is -0.330 e. The maximum absolute atomic E-state index is 5.72. The number of nitrogens with two attached hydrogens (primary N) is 1. The number of hydrogen-bond acceptors (Lipinski definition) is 3. The SMILES string of the molecule is CC#CC1(CCN)CCCC2(CCOO2)C1. The molecule has 2 unspecified atom stereocenters. The summed E-state index contributed by atoms with van der Waals surface area (Å²) in [5.41, 5.74) is 5.71. The van der Waals surface area contributed by atoms with Gasteiger partial charge in [-0.15, -0.1) is 5.92 Å². The lowest BCUT2D eigenvalue weighted by atomic mass is 9.65. The third-order valence-corrected chi connectivity index (χ3v) is 3.84. The van der Waals surface area contributed by atoms with Gasteiger partial charge in [0, 0.05) is 11.8 Å². The molecule has 1 saturated carbocycles. The molecule has 16 heavy (non-hydrogen) atoms. The Kier molecular flexibility index (Phi) is 3.53. The van der Waals surface area contributed by atoms with Crippen LogP contribution in [0.1, 0.15) is 45.4 Å². The van der Waals surface area contributed by atoms with Crippen LogP contribution in [-0.4, -0.2) is 18.8 Å². The summed E-state index contributed by atoms with van der Waals surface area (Å²) >= 11 is 0. The average molecular weight is 223 g/mol. The zero-order valence-electron chi connectivity index (χ0n) is 10.1. The Hall–Kier alpha value is -0.560. The highest BCUT2D eigenvalue weighted by Gasteiger charge is 2.47. The van der Waals surface area contributed by atoms with Crippen LogP contribution in [-0.2, 0) is 9.78 Å². The molecule has 1 aliphatic carbocycles. The van der Waals surface area contributed by atoms with Gasteiger partial charge in [-0.25, -0.2) is 9.78 Å². The van der Waals surface area contributed by atoms with Crippen molar-refractivity contribution in [3.63, 3.8) is 0 Å². The lowest BCUT2D eigenvalue weighted by Gasteiger charge is -2.41. The van der Waals surface area contributed by atoms with Gasteiger partial charge in [0.1, 0.15) is 5.60 Å². The molecule has 0 aromatic heterocycles. The van der Waals surface area contributed by atoms with E-state index in [1.807, 2.05) is 6.92 Å². The van der Waals surface area contributed by atoms with E-state index in [2.05, 4.69) is 11.8 Å². The second-order valence-corrected chi connectivity index (χ2v) is 5.06. The highest BCUT2D eigenvalue weighted by atomic mass is 17.2. The Morgan fingerprint density at radius 3 is 2.81 bits per heavy atom. The smallest absolute Gasteiger partial charge is 0.107 e. The van der Waals surface area contributed by atoms with Crippen molar-refractivity contribution < 1.29 is 9.78 Å². The monoisotopic (exact) mass is 223 g/mol. The van der Waals surface area contributed by atoms with Gasteiger partial charge < -0.3 is 5.73 Å². The second kappa shape index (κ2) is 4.75. The standard InChI is InChI=1S/C13H21NO2/c1-2-4-12(7-9-14)5-3-6-13(11-12)8-10-15-16-13/h3,5-11,14H2,1H3. The molecular weight excluding hydrogens is 202 g/mol. The highest BCUT2D eigenvalue weighted by Crippen LogP contribution is 2.48. The normalized spacial score (nSPS) is 38.4. The topological polar surface area (TPSA) is 44.5 Å². The summed E-state index contributed by atoms with van der Waals surface area (Å²) in [5.74, 6) is 6.45. The first-order chi connectivity index (χ1) is 7.74. The molecule has 1 saturated heterocycles. The van der Waals surface area contributed by atoms with E-state index >= 15 is 0 Å². The van der Waals surface area contributed by atoms with Crippen molar-refractivity contribution >= 4 is 0 Å². The zero-order valence-corrected chi connectivity index (χ0v) is 10.1. The molecule has 0 radical (unpaired) electrons. The summed E-state index contributed by atoms with van der Waals surface area (Å²) in [5, 5.41) is 0. The quantitative estimate of drug-likeness (QED) is 0.575. The van der Waals surface area contributed by atoms with Crippen molar-refractivity contribution in [3.8, 4) is 11.8 Å². The molecule has 0 aromatic rings. The molecule has 1 spiro atoms. The van der Waals surface area contributed by atoms with Gasteiger partial charge in [-0.05, 0) is 45.6 Å². The first kappa shape index (κ1) is 11.9. The molecule has 1 heterocycles. The Balaban J connectivity index is 2.15. The second-order valence-electron chi connectivity index (χ2n) is 5.06. The summed E-state index contributed by atoms with van der Waals surface area (Å²) < 4.78 is 0. The molecular formula is C13H21NO2. The van der Waals surface area contributed by atoms with E-state index in [0.29, 0.717) is 6.54 Å². The van der Waals surface area contributed by atoms with Crippen molar-refractivity contribution in [2.75, 3.05) is 13.2 Å². The van der Waals surface area contributed by atoms with Crippen molar-refractivity contribution in [2.24, 2.45) is 11.1 Å². The maximum atomic E-state index is 5.72. The largest absolute Gasteiger partial charge is 0.330 e. The minimum absolute atomic E-state index is 0.0649. The minimum atomic E-state index is -0.0722.